The van der Waals surface area contributed by atoms with Crippen LogP contribution in [0.3, 0.4) is 0 Å². The second-order valence-corrected chi connectivity index (χ2v) is 2.92. The van der Waals surface area contributed by atoms with E-state index in [0.717, 1.165) is 6.07 Å². The van der Waals surface area contributed by atoms with Gasteiger partial charge in [0.05, 0.1) is 4.92 Å². The summed E-state index contributed by atoms with van der Waals surface area (Å²) in [6.45, 7) is 1.20. The van der Waals surface area contributed by atoms with Crippen LogP contribution < -0.4 is 0 Å². The molecule has 0 fully saturated rings. The second-order valence-electron chi connectivity index (χ2n) is 2.92. The van der Waals surface area contributed by atoms with Gasteiger partial charge in [0, 0.05) is 6.07 Å². The van der Waals surface area contributed by atoms with Crippen molar-refractivity contribution in [1.82, 2.24) is 4.98 Å². The number of hydrogen-bond acceptors (Lipinski definition) is 4. The molecule has 0 aliphatic carbocycles. The molecular weight excluding hydrogens is 226 g/mol. The highest BCUT2D eigenvalue weighted by molar-refractivity contribution is 5.90. The maximum atomic E-state index is 12.4. The number of nitro groups is 1. The Morgan fingerprint density at radius 1 is 1.62 bits per heavy atom. The van der Waals surface area contributed by atoms with Crippen molar-refractivity contribution >= 4 is 11.7 Å². The lowest BCUT2D eigenvalue weighted by Gasteiger charge is -2.05. The van der Waals surface area contributed by atoms with E-state index in [4.69, 9.17) is 5.11 Å². The summed E-state index contributed by atoms with van der Waals surface area (Å²) >= 11 is 0. The van der Waals surface area contributed by atoms with Crippen molar-refractivity contribution < 1.29 is 23.6 Å². The summed E-state index contributed by atoms with van der Waals surface area (Å²) in [5.41, 5.74) is -2.66. The van der Waals surface area contributed by atoms with Crippen LogP contribution >= 0.6 is 0 Å². The lowest BCUT2D eigenvalue weighted by Crippen LogP contribution is -2.09. The van der Waals surface area contributed by atoms with Gasteiger partial charge in [0.1, 0.15) is 5.69 Å². The molecule has 1 N–H and O–H groups in total. The first kappa shape index (κ1) is 12.0. The lowest BCUT2D eigenvalue weighted by molar-refractivity contribution is -0.385. The Morgan fingerprint density at radius 2 is 2.19 bits per heavy atom. The van der Waals surface area contributed by atoms with Gasteiger partial charge in [0.25, 0.3) is 6.43 Å². The third-order valence-corrected chi connectivity index (χ3v) is 1.84. The first-order chi connectivity index (χ1) is 7.34. The highest BCUT2D eigenvalue weighted by Crippen LogP contribution is 2.26. The minimum Gasteiger partial charge on any atom is -0.476 e. The summed E-state index contributed by atoms with van der Waals surface area (Å²) in [5, 5.41) is 19.1. The largest absolute Gasteiger partial charge is 0.476 e. The summed E-state index contributed by atoms with van der Waals surface area (Å²) in [6, 6.07) is 0.776. The monoisotopic (exact) mass is 232 g/mol. The summed E-state index contributed by atoms with van der Waals surface area (Å²) < 4.78 is 24.8. The van der Waals surface area contributed by atoms with Crippen LogP contribution in [-0.2, 0) is 0 Å². The molecule has 0 radical (unpaired) electrons. The number of hydrogen-bond donors (Lipinski definition) is 1. The van der Waals surface area contributed by atoms with E-state index in [1.807, 2.05) is 0 Å². The van der Waals surface area contributed by atoms with E-state index in [9.17, 15) is 23.7 Å². The predicted octanol–water partition coefficient (Wildman–Crippen LogP) is 1.93. The molecule has 0 amide bonds. The van der Waals surface area contributed by atoms with Gasteiger partial charge in [0.2, 0.25) is 5.69 Å². The molecule has 0 spiro atoms. The van der Waals surface area contributed by atoms with Crippen LogP contribution in [0.1, 0.15) is 28.2 Å². The van der Waals surface area contributed by atoms with Crippen LogP contribution in [-0.4, -0.2) is 21.0 Å². The molecule has 0 saturated carbocycles. The van der Waals surface area contributed by atoms with Crippen LogP contribution in [0.4, 0.5) is 14.5 Å². The molecule has 0 aromatic carbocycles. The van der Waals surface area contributed by atoms with Gasteiger partial charge >= 0.3 is 11.7 Å². The number of nitrogens with zero attached hydrogens (tertiary/aromatic N) is 2. The summed E-state index contributed by atoms with van der Waals surface area (Å²) in [5.74, 6) is -1.71. The van der Waals surface area contributed by atoms with E-state index in [0.29, 0.717) is 0 Å². The van der Waals surface area contributed by atoms with Crippen LogP contribution in [0, 0.1) is 17.0 Å². The number of pyridine rings is 1. The third-order valence-electron chi connectivity index (χ3n) is 1.84. The van der Waals surface area contributed by atoms with Crippen molar-refractivity contribution in [2.45, 2.75) is 13.3 Å². The maximum Gasteiger partial charge on any atom is 0.361 e. The number of carboxylic acid groups (broad SMARTS) is 1. The van der Waals surface area contributed by atoms with E-state index in [1.165, 1.54) is 6.92 Å². The normalized spacial score (nSPS) is 10.5. The molecule has 0 bridgehead atoms. The summed E-state index contributed by atoms with van der Waals surface area (Å²) in [4.78, 5) is 23.2. The zero-order valence-corrected chi connectivity index (χ0v) is 7.98. The SMILES string of the molecule is Cc1cc([N+](=O)[O-])c(C(=O)O)nc1C(F)F. The summed E-state index contributed by atoms with van der Waals surface area (Å²) in [6.07, 6.45) is -2.97. The molecule has 1 rings (SSSR count). The number of rotatable bonds is 3. The van der Waals surface area contributed by atoms with Crippen molar-refractivity contribution in [1.29, 1.82) is 0 Å². The summed E-state index contributed by atoms with van der Waals surface area (Å²) in [7, 11) is 0. The Hall–Kier alpha value is -2.12. The van der Waals surface area contributed by atoms with E-state index >= 15 is 0 Å². The highest BCUT2D eigenvalue weighted by atomic mass is 19.3. The van der Waals surface area contributed by atoms with Crippen molar-refractivity contribution in [3.05, 3.63) is 33.1 Å². The Morgan fingerprint density at radius 3 is 2.56 bits per heavy atom. The van der Waals surface area contributed by atoms with Gasteiger partial charge in [-0.15, -0.1) is 0 Å². The zero-order valence-electron chi connectivity index (χ0n) is 7.98. The van der Waals surface area contributed by atoms with Crippen LogP contribution in [0.5, 0.6) is 0 Å². The molecular formula is C8H6F2N2O4. The Kier molecular flexibility index (Phi) is 3.11. The molecule has 0 aliphatic heterocycles. The van der Waals surface area contributed by atoms with Gasteiger partial charge in [-0.25, -0.2) is 18.6 Å². The van der Waals surface area contributed by atoms with Crippen LogP contribution in [0.2, 0.25) is 0 Å². The molecule has 0 atom stereocenters. The van der Waals surface area contributed by atoms with E-state index < -0.39 is 34.4 Å². The smallest absolute Gasteiger partial charge is 0.361 e. The van der Waals surface area contributed by atoms with Gasteiger partial charge in [0.15, 0.2) is 0 Å². The fourth-order valence-corrected chi connectivity index (χ4v) is 1.13. The van der Waals surface area contributed by atoms with Crippen LogP contribution in [0.15, 0.2) is 6.07 Å². The van der Waals surface area contributed by atoms with Gasteiger partial charge in [-0.3, -0.25) is 10.1 Å². The standard InChI is InChI=1S/C8H6F2N2O4/c1-3-2-4(12(15)16)6(8(13)14)11-5(3)7(9)10/h2,7H,1H3,(H,13,14). The Bertz CT molecular complexity index is 462. The van der Waals surface area contributed by atoms with E-state index in [-0.39, 0.29) is 5.56 Å². The lowest BCUT2D eigenvalue weighted by atomic mass is 10.1. The molecule has 0 saturated heterocycles. The van der Waals surface area contributed by atoms with Gasteiger partial charge in [-0.1, -0.05) is 0 Å². The van der Waals surface area contributed by atoms with Crippen molar-refractivity contribution in [2.75, 3.05) is 0 Å². The fourth-order valence-electron chi connectivity index (χ4n) is 1.13. The number of carbonyl (C=O) groups is 1. The van der Waals surface area contributed by atoms with E-state index in [2.05, 4.69) is 4.98 Å². The first-order valence-corrected chi connectivity index (χ1v) is 4.02. The van der Waals surface area contributed by atoms with Crippen molar-refractivity contribution in [2.24, 2.45) is 0 Å². The highest BCUT2D eigenvalue weighted by Gasteiger charge is 2.26. The molecule has 86 valence electrons. The fraction of sp³-hybridized carbons (Fsp3) is 0.250. The number of aromatic nitrogens is 1. The molecule has 0 aliphatic rings. The Balaban J connectivity index is 3.49. The number of aromatic carboxylic acids is 1. The zero-order chi connectivity index (χ0) is 12.5. The molecule has 1 aromatic heterocycles. The second kappa shape index (κ2) is 4.17. The average Bonchev–Trinajstić information content (AvgIpc) is 2.15. The van der Waals surface area contributed by atoms with Gasteiger partial charge in [-0.05, 0) is 12.5 Å². The molecule has 1 aromatic rings. The number of halogens is 2. The van der Waals surface area contributed by atoms with Crippen molar-refractivity contribution in [3.63, 3.8) is 0 Å². The average molecular weight is 232 g/mol. The predicted molar refractivity (Wildman–Crippen MR) is 47.5 cm³/mol. The molecule has 0 unspecified atom stereocenters. The topological polar surface area (TPSA) is 93.3 Å². The van der Waals surface area contributed by atoms with Gasteiger partial charge in [-0.2, -0.15) is 0 Å². The van der Waals surface area contributed by atoms with Crippen LogP contribution in [0.25, 0.3) is 0 Å². The maximum absolute atomic E-state index is 12.4. The molecule has 16 heavy (non-hydrogen) atoms. The Labute approximate surface area is 87.7 Å². The third kappa shape index (κ3) is 2.10. The number of aryl methyl sites for hydroxylation is 1. The van der Waals surface area contributed by atoms with Crippen molar-refractivity contribution in [3.8, 4) is 0 Å². The quantitative estimate of drug-likeness (QED) is 0.634. The molecule has 1 heterocycles. The molecule has 8 heteroatoms. The molecule has 6 nitrogen and oxygen atoms in total. The van der Waals surface area contributed by atoms with Gasteiger partial charge < -0.3 is 5.11 Å². The first-order valence-electron chi connectivity index (χ1n) is 4.02. The number of alkyl halides is 2. The minimum atomic E-state index is -2.97. The number of carboxylic acids is 1. The van der Waals surface area contributed by atoms with E-state index in [1.54, 1.807) is 0 Å². The minimum absolute atomic E-state index is 0.119.